The number of aliphatic imine (C=N–C) groups is 1. The first-order valence-electron chi connectivity index (χ1n) is 6.06. The zero-order valence-corrected chi connectivity index (χ0v) is 10.5. The summed E-state index contributed by atoms with van der Waals surface area (Å²) in [6.45, 7) is 0.982. The predicted octanol–water partition coefficient (Wildman–Crippen LogP) is 2.55. The van der Waals surface area contributed by atoms with E-state index in [1.807, 2.05) is 11.8 Å². The molecule has 1 aromatic heterocycles. The molecule has 1 aliphatic carbocycles. The highest BCUT2D eigenvalue weighted by Crippen LogP contribution is 2.43. The van der Waals surface area contributed by atoms with E-state index < -0.39 is 0 Å². The van der Waals surface area contributed by atoms with Gasteiger partial charge >= 0.3 is 0 Å². The fourth-order valence-electron chi connectivity index (χ4n) is 2.54. The number of nitrogens with zero attached hydrogens (tertiary/aromatic N) is 3. The smallest absolute Gasteiger partial charge is 0.161 e. The summed E-state index contributed by atoms with van der Waals surface area (Å²) in [5.74, 6) is 1.20. The van der Waals surface area contributed by atoms with Gasteiger partial charge in [0.2, 0.25) is 0 Å². The Bertz CT molecular complexity index is 412. The van der Waals surface area contributed by atoms with Gasteiger partial charge in [0.25, 0.3) is 0 Å². The average molecular weight is 248 g/mol. The summed E-state index contributed by atoms with van der Waals surface area (Å²) in [7, 11) is 0. The molecule has 0 unspecified atom stereocenters. The first-order chi connectivity index (χ1) is 8.36. The SMILES string of the molecule is c1ncc(NC2=NCC3(CCCC3)CS2)cn1. The van der Waals surface area contributed by atoms with Crippen molar-refractivity contribution in [1.82, 2.24) is 9.97 Å². The van der Waals surface area contributed by atoms with Crippen LogP contribution in [-0.2, 0) is 0 Å². The summed E-state index contributed by atoms with van der Waals surface area (Å²) < 4.78 is 0. The van der Waals surface area contributed by atoms with E-state index in [0.717, 1.165) is 17.4 Å². The number of hydrogen-bond acceptors (Lipinski definition) is 5. The number of hydrogen-bond donors (Lipinski definition) is 1. The van der Waals surface area contributed by atoms with Crippen LogP contribution in [0.15, 0.2) is 23.7 Å². The maximum Gasteiger partial charge on any atom is 0.161 e. The molecule has 0 amide bonds. The number of nitrogens with one attached hydrogen (secondary N) is 1. The second-order valence-corrected chi connectivity index (χ2v) is 5.83. The van der Waals surface area contributed by atoms with Crippen LogP contribution in [0.1, 0.15) is 25.7 Å². The lowest BCUT2D eigenvalue weighted by Gasteiger charge is -2.30. The predicted molar refractivity (Wildman–Crippen MR) is 71.3 cm³/mol. The van der Waals surface area contributed by atoms with Crippen LogP contribution in [0.4, 0.5) is 5.69 Å². The highest BCUT2D eigenvalue weighted by molar-refractivity contribution is 8.14. The van der Waals surface area contributed by atoms with Crippen molar-refractivity contribution in [3.63, 3.8) is 0 Å². The molecule has 0 radical (unpaired) electrons. The van der Waals surface area contributed by atoms with Crippen molar-refractivity contribution in [2.45, 2.75) is 25.7 Å². The monoisotopic (exact) mass is 248 g/mol. The Morgan fingerprint density at radius 2 is 1.94 bits per heavy atom. The van der Waals surface area contributed by atoms with Crippen LogP contribution in [0.25, 0.3) is 0 Å². The second-order valence-electron chi connectivity index (χ2n) is 4.87. The molecule has 1 spiro atoms. The fourth-order valence-corrected chi connectivity index (χ4v) is 3.71. The van der Waals surface area contributed by atoms with Crippen LogP contribution in [0.2, 0.25) is 0 Å². The topological polar surface area (TPSA) is 50.2 Å². The van der Waals surface area contributed by atoms with Gasteiger partial charge in [-0.2, -0.15) is 0 Å². The molecule has 0 aromatic carbocycles. The van der Waals surface area contributed by atoms with E-state index in [1.165, 1.54) is 37.8 Å². The molecule has 2 aliphatic rings. The quantitative estimate of drug-likeness (QED) is 0.830. The van der Waals surface area contributed by atoms with Crippen molar-refractivity contribution >= 4 is 22.6 Å². The summed E-state index contributed by atoms with van der Waals surface area (Å²) in [6.07, 6.45) is 10.5. The van der Waals surface area contributed by atoms with E-state index in [0.29, 0.717) is 5.41 Å². The highest BCUT2D eigenvalue weighted by Gasteiger charge is 2.36. The molecule has 0 bridgehead atoms. The van der Waals surface area contributed by atoms with Gasteiger partial charge in [-0.1, -0.05) is 24.6 Å². The molecule has 0 atom stereocenters. The Balaban J connectivity index is 1.65. The summed E-state index contributed by atoms with van der Waals surface area (Å²) in [5, 5.41) is 4.29. The minimum atomic E-state index is 0.503. The lowest BCUT2D eigenvalue weighted by atomic mass is 9.89. The van der Waals surface area contributed by atoms with Crippen molar-refractivity contribution in [3.8, 4) is 0 Å². The number of rotatable bonds is 1. The summed E-state index contributed by atoms with van der Waals surface area (Å²) in [4.78, 5) is 12.6. The molecular formula is C12H16N4S. The zero-order chi connectivity index (χ0) is 11.6. The molecule has 3 rings (SSSR count). The number of anilines is 1. The summed E-state index contributed by atoms with van der Waals surface area (Å²) in [6, 6.07) is 0. The number of thioether (sulfide) groups is 1. The molecule has 1 fully saturated rings. The minimum absolute atomic E-state index is 0.503. The maximum atomic E-state index is 4.67. The Kier molecular flexibility index (Phi) is 3.01. The van der Waals surface area contributed by atoms with Crippen molar-refractivity contribution in [2.24, 2.45) is 10.4 Å². The number of amidine groups is 1. The van der Waals surface area contributed by atoms with Gasteiger partial charge in [-0.05, 0) is 18.3 Å². The molecule has 1 N–H and O–H groups in total. The van der Waals surface area contributed by atoms with Gasteiger partial charge in [0.15, 0.2) is 5.17 Å². The maximum absolute atomic E-state index is 4.67. The zero-order valence-electron chi connectivity index (χ0n) is 9.72. The van der Waals surface area contributed by atoms with Gasteiger partial charge in [0.1, 0.15) is 6.33 Å². The Hall–Kier alpha value is -1.10. The first-order valence-corrected chi connectivity index (χ1v) is 7.04. The van der Waals surface area contributed by atoms with Crippen molar-refractivity contribution < 1.29 is 0 Å². The molecule has 90 valence electrons. The van der Waals surface area contributed by atoms with Crippen LogP contribution in [0.3, 0.4) is 0 Å². The van der Waals surface area contributed by atoms with Gasteiger partial charge in [-0.15, -0.1) is 0 Å². The lowest BCUT2D eigenvalue weighted by Crippen LogP contribution is -2.30. The van der Waals surface area contributed by atoms with Gasteiger partial charge < -0.3 is 5.32 Å². The standard InChI is InChI=1S/C12H16N4S/c1-2-4-12(3-1)7-15-11(17-8-12)16-10-5-13-9-14-6-10/h5-6,9H,1-4,7-8H2,(H,15,16). The molecule has 1 saturated carbocycles. The molecule has 1 aliphatic heterocycles. The molecular weight excluding hydrogens is 232 g/mol. The average Bonchev–Trinajstić information content (AvgIpc) is 2.83. The van der Waals surface area contributed by atoms with E-state index >= 15 is 0 Å². The van der Waals surface area contributed by atoms with Crippen LogP contribution >= 0.6 is 11.8 Å². The van der Waals surface area contributed by atoms with Crippen molar-refractivity contribution in [2.75, 3.05) is 17.6 Å². The minimum Gasteiger partial charge on any atom is -0.332 e. The third-order valence-corrected chi connectivity index (χ3v) is 4.81. The Labute approximate surface area is 105 Å². The van der Waals surface area contributed by atoms with E-state index in [4.69, 9.17) is 0 Å². The molecule has 5 heteroatoms. The van der Waals surface area contributed by atoms with E-state index in [2.05, 4.69) is 20.3 Å². The van der Waals surface area contributed by atoms with E-state index in [9.17, 15) is 0 Å². The molecule has 2 heterocycles. The molecule has 0 saturated heterocycles. The second kappa shape index (κ2) is 4.64. The van der Waals surface area contributed by atoms with Crippen LogP contribution in [0, 0.1) is 5.41 Å². The van der Waals surface area contributed by atoms with Crippen LogP contribution < -0.4 is 5.32 Å². The largest absolute Gasteiger partial charge is 0.332 e. The van der Waals surface area contributed by atoms with E-state index in [-0.39, 0.29) is 0 Å². The molecule has 17 heavy (non-hydrogen) atoms. The highest BCUT2D eigenvalue weighted by atomic mass is 32.2. The van der Waals surface area contributed by atoms with Crippen molar-refractivity contribution in [1.29, 1.82) is 0 Å². The van der Waals surface area contributed by atoms with E-state index in [1.54, 1.807) is 12.4 Å². The lowest BCUT2D eigenvalue weighted by molar-refractivity contribution is 0.359. The molecule has 4 nitrogen and oxygen atoms in total. The fraction of sp³-hybridized carbons (Fsp3) is 0.583. The third kappa shape index (κ3) is 2.44. The van der Waals surface area contributed by atoms with Crippen molar-refractivity contribution in [3.05, 3.63) is 18.7 Å². The van der Waals surface area contributed by atoms with Crippen LogP contribution in [0.5, 0.6) is 0 Å². The molecule has 1 aromatic rings. The van der Waals surface area contributed by atoms with Crippen LogP contribution in [-0.4, -0.2) is 27.4 Å². The first kappa shape index (κ1) is 11.0. The van der Waals surface area contributed by atoms with Gasteiger partial charge in [-0.25, -0.2) is 9.97 Å². The Morgan fingerprint density at radius 1 is 1.18 bits per heavy atom. The third-order valence-electron chi connectivity index (χ3n) is 3.55. The number of aromatic nitrogens is 2. The summed E-state index contributed by atoms with van der Waals surface area (Å²) >= 11 is 1.84. The van der Waals surface area contributed by atoms with Gasteiger partial charge in [0, 0.05) is 12.3 Å². The normalized spacial score (nSPS) is 22.5. The van der Waals surface area contributed by atoms with Gasteiger partial charge in [-0.3, -0.25) is 4.99 Å². The van der Waals surface area contributed by atoms with Gasteiger partial charge in [0.05, 0.1) is 18.1 Å². The summed E-state index contributed by atoms with van der Waals surface area (Å²) in [5.41, 5.74) is 1.42. The Morgan fingerprint density at radius 3 is 2.59 bits per heavy atom.